The van der Waals surface area contributed by atoms with Crippen LogP contribution in [0.25, 0.3) is 0 Å². The number of amides is 1. The summed E-state index contributed by atoms with van der Waals surface area (Å²) < 4.78 is 5.46. The fourth-order valence-corrected chi connectivity index (χ4v) is 5.65. The summed E-state index contributed by atoms with van der Waals surface area (Å²) in [6.45, 7) is 5.83. The molecule has 0 N–H and O–H groups in total. The Morgan fingerprint density at radius 1 is 1.38 bits per heavy atom. The molecule has 21 heavy (non-hydrogen) atoms. The van der Waals surface area contributed by atoms with E-state index in [1.807, 2.05) is 11.8 Å². The molecule has 0 radical (unpaired) electrons. The van der Waals surface area contributed by atoms with E-state index in [1.54, 1.807) is 11.3 Å². The molecule has 1 amide bonds. The van der Waals surface area contributed by atoms with E-state index in [4.69, 9.17) is 4.74 Å². The average molecular weight is 325 g/mol. The van der Waals surface area contributed by atoms with Crippen molar-refractivity contribution in [2.75, 3.05) is 19.0 Å². The highest BCUT2D eigenvalue weighted by atomic mass is 32.2. The molecule has 0 saturated carbocycles. The number of ether oxygens (including phenoxy) is 1. The smallest absolute Gasteiger partial charge is 0.240 e. The van der Waals surface area contributed by atoms with Crippen molar-refractivity contribution in [2.24, 2.45) is 0 Å². The van der Waals surface area contributed by atoms with E-state index < -0.39 is 0 Å². The number of carbonyl (C=O) groups is 1. The summed E-state index contributed by atoms with van der Waals surface area (Å²) in [5, 5.41) is 2.13. The second kappa shape index (κ2) is 6.71. The van der Waals surface area contributed by atoms with Crippen LogP contribution in [0.1, 0.15) is 42.4 Å². The second-order valence-electron chi connectivity index (χ2n) is 5.98. The Bertz CT molecular complexity index is 494. The maximum atomic E-state index is 13.2. The fourth-order valence-electron chi connectivity index (χ4n) is 3.31. The molecule has 1 saturated heterocycles. The van der Waals surface area contributed by atoms with E-state index in [0.29, 0.717) is 11.9 Å². The van der Waals surface area contributed by atoms with Gasteiger partial charge in [0.1, 0.15) is 5.25 Å². The Kier molecular flexibility index (Phi) is 4.92. The summed E-state index contributed by atoms with van der Waals surface area (Å²) in [6.07, 6.45) is 3.05. The lowest BCUT2D eigenvalue weighted by atomic mass is 10.0. The number of carbonyl (C=O) groups excluding carboxylic acids is 1. The molecule has 1 aromatic heterocycles. The van der Waals surface area contributed by atoms with E-state index in [-0.39, 0.29) is 11.3 Å². The molecule has 0 aliphatic carbocycles. The number of hydrogen-bond acceptors (Lipinski definition) is 4. The van der Waals surface area contributed by atoms with Gasteiger partial charge < -0.3 is 9.64 Å². The molecule has 0 aromatic carbocycles. The van der Waals surface area contributed by atoms with Gasteiger partial charge in [0, 0.05) is 30.2 Å². The van der Waals surface area contributed by atoms with E-state index in [1.165, 1.54) is 10.4 Å². The van der Waals surface area contributed by atoms with Crippen LogP contribution in [0.15, 0.2) is 11.4 Å². The zero-order chi connectivity index (χ0) is 14.8. The minimum absolute atomic E-state index is 0.00486. The molecular formula is C16H23NO2S2. The van der Waals surface area contributed by atoms with Crippen LogP contribution in [0.5, 0.6) is 0 Å². The van der Waals surface area contributed by atoms with Gasteiger partial charge in [-0.2, -0.15) is 0 Å². The lowest BCUT2D eigenvalue weighted by Gasteiger charge is -2.39. The summed E-state index contributed by atoms with van der Waals surface area (Å²) in [5.41, 5.74) is 1.26. The first kappa shape index (κ1) is 15.4. The third kappa shape index (κ3) is 3.15. The van der Waals surface area contributed by atoms with Crippen LogP contribution in [0.2, 0.25) is 0 Å². The van der Waals surface area contributed by atoms with Crippen LogP contribution in [-0.2, 0) is 16.0 Å². The molecular weight excluding hydrogens is 302 g/mol. The van der Waals surface area contributed by atoms with Crippen LogP contribution in [0.4, 0.5) is 0 Å². The maximum absolute atomic E-state index is 13.2. The molecule has 2 aliphatic rings. The van der Waals surface area contributed by atoms with E-state index in [9.17, 15) is 4.79 Å². The van der Waals surface area contributed by atoms with Crippen molar-refractivity contribution in [3.05, 3.63) is 21.9 Å². The Hall–Kier alpha value is -0.520. The number of nitrogens with zero attached hydrogens (tertiary/aromatic N) is 1. The topological polar surface area (TPSA) is 29.5 Å². The summed E-state index contributed by atoms with van der Waals surface area (Å²) in [4.78, 5) is 16.7. The average Bonchev–Trinajstić information content (AvgIpc) is 2.96. The highest BCUT2D eigenvalue weighted by Gasteiger charge is 2.36. The molecule has 1 atom stereocenters. The minimum atomic E-state index is 0.00486. The summed E-state index contributed by atoms with van der Waals surface area (Å²) in [6, 6.07) is 2.75. The molecule has 1 aromatic rings. The van der Waals surface area contributed by atoms with Crippen LogP contribution >= 0.6 is 23.1 Å². The van der Waals surface area contributed by atoms with Gasteiger partial charge in [0.2, 0.25) is 5.91 Å². The molecule has 2 aliphatic heterocycles. The van der Waals surface area contributed by atoms with E-state index in [2.05, 4.69) is 30.2 Å². The van der Waals surface area contributed by atoms with Crippen LogP contribution in [0, 0.1) is 0 Å². The standard InChI is InChI=1S/C16H23NO2S2/c1-11(2)17(12-3-7-19-8-4-12)16(18)15-13-5-9-20-14(13)6-10-21-15/h5,9,11-12,15H,3-4,6-8,10H2,1-2H3. The van der Waals surface area contributed by atoms with Crippen molar-refractivity contribution < 1.29 is 9.53 Å². The number of aryl methyl sites for hydroxylation is 1. The van der Waals surface area contributed by atoms with Crippen molar-refractivity contribution in [2.45, 2.75) is 50.4 Å². The van der Waals surface area contributed by atoms with Crippen LogP contribution < -0.4 is 0 Å². The minimum Gasteiger partial charge on any atom is -0.381 e. The van der Waals surface area contributed by atoms with Gasteiger partial charge in [0.25, 0.3) is 0 Å². The third-order valence-corrected chi connectivity index (χ3v) is 6.52. The first-order valence-corrected chi connectivity index (χ1v) is 9.69. The number of hydrogen-bond donors (Lipinski definition) is 0. The molecule has 0 bridgehead atoms. The van der Waals surface area contributed by atoms with Crippen molar-refractivity contribution in [1.82, 2.24) is 4.90 Å². The normalized spacial score (nSPS) is 23.1. The van der Waals surface area contributed by atoms with Gasteiger partial charge in [-0.25, -0.2) is 0 Å². The predicted octanol–water partition coefficient (Wildman–Crippen LogP) is 3.49. The maximum Gasteiger partial charge on any atom is 0.240 e. The Morgan fingerprint density at radius 3 is 2.86 bits per heavy atom. The quantitative estimate of drug-likeness (QED) is 0.852. The number of thioether (sulfide) groups is 1. The molecule has 1 fully saturated rings. The predicted molar refractivity (Wildman–Crippen MR) is 89.0 cm³/mol. The van der Waals surface area contributed by atoms with Gasteiger partial charge in [-0.3, -0.25) is 4.79 Å². The van der Waals surface area contributed by atoms with Gasteiger partial charge in [-0.1, -0.05) is 0 Å². The third-order valence-electron chi connectivity index (χ3n) is 4.30. The largest absolute Gasteiger partial charge is 0.381 e. The molecule has 3 heterocycles. The van der Waals surface area contributed by atoms with Crippen molar-refractivity contribution >= 4 is 29.0 Å². The van der Waals surface area contributed by atoms with Gasteiger partial charge in [0.05, 0.1) is 0 Å². The molecule has 0 spiro atoms. The zero-order valence-corrected chi connectivity index (χ0v) is 14.3. The van der Waals surface area contributed by atoms with E-state index >= 15 is 0 Å². The zero-order valence-electron chi connectivity index (χ0n) is 12.7. The van der Waals surface area contributed by atoms with Crippen molar-refractivity contribution in [1.29, 1.82) is 0 Å². The van der Waals surface area contributed by atoms with Crippen LogP contribution in [0.3, 0.4) is 0 Å². The second-order valence-corrected chi connectivity index (χ2v) is 8.20. The Balaban J connectivity index is 1.82. The molecule has 116 valence electrons. The monoisotopic (exact) mass is 325 g/mol. The number of fused-ring (bicyclic) bond motifs is 1. The Labute approximate surface area is 135 Å². The number of rotatable bonds is 3. The van der Waals surface area contributed by atoms with Gasteiger partial charge in [-0.05, 0) is 55.9 Å². The molecule has 1 unspecified atom stereocenters. The SMILES string of the molecule is CC(C)N(C(=O)C1SCCc2sccc21)C1CCOCC1. The Morgan fingerprint density at radius 2 is 2.14 bits per heavy atom. The highest BCUT2D eigenvalue weighted by molar-refractivity contribution is 8.00. The lowest BCUT2D eigenvalue weighted by Crippen LogP contribution is -2.49. The van der Waals surface area contributed by atoms with Crippen molar-refractivity contribution in [3.63, 3.8) is 0 Å². The number of thiophene rings is 1. The first-order chi connectivity index (χ1) is 10.2. The fraction of sp³-hybridized carbons (Fsp3) is 0.688. The summed E-state index contributed by atoms with van der Waals surface area (Å²) in [7, 11) is 0. The van der Waals surface area contributed by atoms with Crippen LogP contribution in [-0.4, -0.2) is 41.9 Å². The summed E-state index contributed by atoms with van der Waals surface area (Å²) >= 11 is 3.61. The molecule has 5 heteroatoms. The van der Waals surface area contributed by atoms with E-state index in [0.717, 1.165) is 38.2 Å². The highest BCUT2D eigenvalue weighted by Crippen LogP contribution is 2.41. The van der Waals surface area contributed by atoms with Gasteiger partial charge >= 0.3 is 0 Å². The van der Waals surface area contributed by atoms with Gasteiger partial charge in [0.15, 0.2) is 0 Å². The lowest BCUT2D eigenvalue weighted by molar-refractivity contribution is -0.137. The molecule has 3 nitrogen and oxygen atoms in total. The summed E-state index contributed by atoms with van der Waals surface area (Å²) in [5.74, 6) is 1.37. The van der Waals surface area contributed by atoms with Crippen molar-refractivity contribution in [3.8, 4) is 0 Å². The van der Waals surface area contributed by atoms with Gasteiger partial charge in [-0.15, -0.1) is 23.1 Å². The first-order valence-electron chi connectivity index (χ1n) is 7.76. The molecule has 3 rings (SSSR count).